The number of aromatic nitrogens is 4. The number of aryl methyl sites for hydroxylation is 3. The summed E-state index contributed by atoms with van der Waals surface area (Å²) in [4.78, 5) is 15.3. The van der Waals surface area contributed by atoms with Crippen molar-refractivity contribution < 1.29 is 0 Å². The van der Waals surface area contributed by atoms with E-state index in [1.165, 1.54) is 17.5 Å². The van der Waals surface area contributed by atoms with Crippen LogP contribution in [0.1, 0.15) is 41.4 Å². The summed E-state index contributed by atoms with van der Waals surface area (Å²) >= 11 is 0. The first-order valence-electron chi connectivity index (χ1n) is 10.2. The Morgan fingerprint density at radius 1 is 1.10 bits per heavy atom. The van der Waals surface area contributed by atoms with Gasteiger partial charge in [0.1, 0.15) is 0 Å². The molecule has 1 fully saturated rings. The number of hydrogen-bond acceptors (Lipinski definition) is 4. The number of nitrogens with zero attached hydrogens (tertiary/aromatic N) is 5. The van der Waals surface area contributed by atoms with Crippen molar-refractivity contribution in [2.75, 3.05) is 6.54 Å². The number of benzene rings is 2. The number of likely N-dealkylation sites (tertiary alicyclic amines) is 1. The van der Waals surface area contributed by atoms with Crippen LogP contribution in [-0.2, 0) is 13.6 Å². The van der Waals surface area contributed by atoms with Gasteiger partial charge in [0.15, 0.2) is 5.82 Å². The minimum absolute atomic E-state index is 0.0332. The summed E-state index contributed by atoms with van der Waals surface area (Å²) < 4.78 is 3.64. The van der Waals surface area contributed by atoms with Crippen LogP contribution in [0.15, 0.2) is 47.3 Å². The van der Waals surface area contributed by atoms with Crippen LogP contribution >= 0.6 is 0 Å². The van der Waals surface area contributed by atoms with Gasteiger partial charge in [0.05, 0.1) is 17.4 Å². The average molecular weight is 387 g/mol. The van der Waals surface area contributed by atoms with Crippen molar-refractivity contribution in [2.45, 2.75) is 39.3 Å². The van der Waals surface area contributed by atoms with E-state index in [0.717, 1.165) is 29.9 Å². The van der Waals surface area contributed by atoms with Crippen molar-refractivity contribution in [3.8, 4) is 0 Å². The molecule has 0 radical (unpaired) electrons. The highest BCUT2D eigenvalue weighted by atomic mass is 16.1. The van der Waals surface area contributed by atoms with Crippen LogP contribution in [0.4, 0.5) is 0 Å². The van der Waals surface area contributed by atoms with Crippen molar-refractivity contribution in [2.24, 2.45) is 7.05 Å². The second kappa shape index (κ2) is 6.81. The third kappa shape index (κ3) is 2.86. The van der Waals surface area contributed by atoms with E-state index in [1.807, 2.05) is 29.5 Å². The molecule has 6 nitrogen and oxygen atoms in total. The zero-order valence-electron chi connectivity index (χ0n) is 17.1. The van der Waals surface area contributed by atoms with Gasteiger partial charge in [-0.2, -0.15) is 0 Å². The van der Waals surface area contributed by atoms with Gasteiger partial charge >= 0.3 is 0 Å². The second-order valence-corrected chi connectivity index (χ2v) is 8.12. The SMILES string of the molecule is Cc1ccc2c(c1)c(=O)n(C)c1nnc(CN3CCCC3c3ccccc3C)n21. The van der Waals surface area contributed by atoms with E-state index < -0.39 is 0 Å². The van der Waals surface area contributed by atoms with E-state index in [-0.39, 0.29) is 5.56 Å². The van der Waals surface area contributed by atoms with E-state index >= 15 is 0 Å². The first kappa shape index (κ1) is 18.1. The van der Waals surface area contributed by atoms with Gasteiger partial charge in [-0.25, -0.2) is 0 Å². The quantitative estimate of drug-likeness (QED) is 0.540. The van der Waals surface area contributed by atoms with Gasteiger partial charge < -0.3 is 0 Å². The fourth-order valence-corrected chi connectivity index (χ4v) is 4.67. The Hall–Kier alpha value is -2.99. The maximum atomic E-state index is 12.8. The van der Waals surface area contributed by atoms with Crippen LogP contribution in [0.2, 0.25) is 0 Å². The van der Waals surface area contributed by atoms with Gasteiger partial charge in [-0.15, -0.1) is 10.2 Å². The Kier molecular flexibility index (Phi) is 4.24. The van der Waals surface area contributed by atoms with E-state index in [9.17, 15) is 4.79 Å². The summed E-state index contributed by atoms with van der Waals surface area (Å²) in [6.07, 6.45) is 2.33. The zero-order chi connectivity index (χ0) is 20.1. The fraction of sp³-hybridized carbons (Fsp3) is 0.348. The average Bonchev–Trinajstić information content (AvgIpc) is 3.34. The molecule has 0 N–H and O–H groups in total. The summed E-state index contributed by atoms with van der Waals surface area (Å²) in [6.45, 7) is 5.94. The van der Waals surface area contributed by atoms with Crippen LogP contribution in [0, 0.1) is 13.8 Å². The number of fused-ring (bicyclic) bond motifs is 3. The molecule has 148 valence electrons. The summed E-state index contributed by atoms with van der Waals surface area (Å²) in [5.74, 6) is 1.47. The molecule has 1 unspecified atom stereocenters. The van der Waals surface area contributed by atoms with Crippen LogP contribution < -0.4 is 5.56 Å². The molecule has 0 amide bonds. The highest BCUT2D eigenvalue weighted by Crippen LogP contribution is 2.34. The van der Waals surface area contributed by atoms with E-state index in [4.69, 9.17) is 0 Å². The molecule has 3 heterocycles. The molecule has 0 aliphatic carbocycles. The molecular formula is C23H25N5O. The number of rotatable bonds is 3. The van der Waals surface area contributed by atoms with Gasteiger partial charge in [0.25, 0.3) is 5.56 Å². The topological polar surface area (TPSA) is 55.4 Å². The maximum absolute atomic E-state index is 12.8. The van der Waals surface area contributed by atoms with Crippen molar-refractivity contribution in [1.29, 1.82) is 0 Å². The summed E-state index contributed by atoms with van der Waals surface area (Å²) in [5.41, 5.74) is 4.64. The Labute approximate surface area is 169 Å². The largest absolute Gasteiger partial charge is 0.289 e. The maximum Gasteiger partial charge on any atom is 0.262 e. The third-order valence-corrected chi connectivity index (χ3v) is 6.20. The van der Waals surface area contributed by atoms with Gasteiger partial charge in [-0.05, 0) is 56.5 Å². The molecule has 0 bridgehead atoms. The Bertz CT molecular complexity index is 1290. The molecule has 2 aromatic heterocycles. The summed E-state index contributed by atoms with van der Waals surface area (Å²) in [6, 6.07) is 15.0. The van der Waals surface area contributed by atoms with Crippen molar-refractivity contribution in [1.82, 2.24) is 24.1 Å². The van der Waals surface area contributed by atoms with E-state index in [1.54, 1.807) is 11.6 Å². The van der Waals surface area contributed by atoms with Crippen molar-refractivity contribution in [3.05, 3.63) is 75.3 Å². The first-order valence-corrected chi connectivity index (χ1v) is 10.2. The van der Waals surface area contributed by atoms with Crippen LogP contribution in [-0.4, -0.2) is 30.6 Å². The Morgan fingerprint density at radius 2 is 1.93 bits per heavy atom. The van der Waals surface area contributed by atoms with Crippen molar-refractivity contribution in [3.63, 3.8) is 0 Å². The summed E-state index contributed by atoms with van der Waals surface area (Å²) in [7, 11) is 1.77. The lowest BCUT2D eigenvalue weighted by Gasteiger charge is -2.25. The predicted octanol–water partition coefficient (Wildman–Crippen LogP) is 3.54. The minimum atomic E-state index is -0.0332. The molecule has 29 heavy (non-hydrogen) atoms. The predicted molar refractivity (Wildman–Crippen MR) is 114 cm³/mol. The van der Waals surface area contributed by atoms with Crippen LogP contribution in [0.25, 0.3) is 16.7 Å². The van der Waals surface area contributed by atoms with Gasteiger partial charge in [-0.1, -0.05) is 35.9 Å². The molecule has 0 saturated carbocycles. The zero-order valence-corrected chi connectivity index (χ0v) is 17.1. The molecule has 2 aromatic carbocycles. The Balaban J connectivity index is 1.62. The van der Waals surface area contributed by atoms with Crippen LogP contribution in [0.3, 0.4) is 0 Å². The first-order chi connectivity index (χ1) is 14.0. The highest BCUT2D eigenvalue weighted by molar-refractivity contribution is 5.81. The lowest BCUT2D eigenvalue weighted by atomic mass is 9.99. The molecule has 4 aromatic rings. The molecule has 1 atom stereocenters. The van der Waals surface area contributed by atoms with Gasteiger partial charge in [-0.3, -0.25) is 18.7 Å². The molecule has 6 heteroatoms. The fourth-order valence-electron chi connectivity index (χ4n) is 4.67. The van der Waals surface area contributed by atoms with E-state index in [2.05, 4.69) is 46.3 Å². The monoisotopic (exact) mass is 387 g/mol. The van der Waals surface area contributed by atoms with Crippen molar-refractivity contribution >= 4 is 16.7 Å². The smallest absolute Gasteiger partial charge is 0.262 e. The van der Waals surface area contributed by atoms with E-state index in [0.29, 0.717) is 23.8 Å². The molecule has 1 aliphatic heterocycles. The highest BCUT2D eigenvalue weighted by Gasteiger charge is 2.28. The molecule has 1 aliphatic rings. The summed E-state index contributed by atoms with van der Waals surface area (Å²) in [5, 5.41) is 9.56. The molecule has 1 saturated heterocycles. The number of hydrogen-bond donors (Lipinski definition) is 0. The molecular weight excluding hydrogens is 362 g/mol. The lowest BCUT2D eigenvalue weighted by molar-refractivity contribution is 0.241. The second-order valence-electron chi connectivity index (χ2n) is 8.12. The van der Waals surface area contributed by atoms with Gasteiger partial charge in [0, 0.05) is 13.1 Å². The normalized spacial score (nSPS) is 17.6. The third-order valence-electron chi connectivity index (χ3n) is 6.20. The van der Waals surface area contributed by atoms with Crippen LogP contribution in [0.5, 0.6) is 0 Å². The molecule has 5 rings (SSSR count). The standard InChI is InChI=1S/C23H25N5O/c1-15-10-11-20-18(13-15)22(29)26(3)23-25-24-21(28(20)23)14-27-12-6-9-19(27)17-8-5-4-7-16(17)2/h4-5,7-8,10-11,13,19H,6,9,12,14H2,1-3H3. The Morgan fingerprint density at radius 3 is 2.76 bits per heavy atom. The van der Waals surface area contributed by atoms with Gasteiger partial charge in [0.2, 0.25) is 5.78 Å². The minimum Gasteiger partial charge on any atom is -0.289 e. The molecule has 0 spiro atoms. The lowest BCUT2D eigenvalue weighted by Crippen LogP contribution is -2.25.